The van der Waals surface area contributed by atoms with Gasteiger partial charge in [-0.05, 0) is 55.7 Å². The molecule has 2 fully saturated rings. The predicted octanol–water partition coefficient (Wildman–Crippen LogP) is 3.18. The summed E-state index contributed by atoms with van der Waals surface area (Å²) in [5.74, 6) is 1.90. The molecule has 3 N–H and O–H groups in total. The number of nitrogen functional groups attached to an aromatic ring is 1. The van der Waals surface area contributed by atoms with E-state index in [4.69, 9.17) is 5.73 Å². The van der Waals surface area contributed by atoms with Crippen LogP contribution in [0.25, 0.3) is 0 Å². The number of benzene rings is 1. The van der Waals surface area contributed by atoms with Gasteiger partial charge in [0.05, 0.1) is 0 Å². The number of rotatable bonds is 2. The van der Waals surface area contributed by atoms with Gasteiger partial charge in [-0.25, -0.2) is 0 Å². The first-order valence-corrected chi connectivity index (χ1v) is 6.35. The summed E-state index contributed by atoms with van der Waals surface area (Å²) < 4.78 is 0. The average molecular weight is 216 g/mol. The summed E-state index contributed by atoms with van der Waals surface area (Å²) in [6.45, 7) is 2.05. The van der Waals surface area contributed by atoms with E-state index in [0.717, 1.165) is 17.5 Å². The molecule has 3 atom stereocenters. The molecule has 2 aliphatic rings. The van der Waals surface area contributed by atoms with Crippen LogP contribution in [0.2, 0.25) is 0 Å². The Labute approximate surface area is 97.2 Å². The van der Waals surface area contributed by atoms with E-state index in [1.165, 1.54) is 36.9 Å². The highest BCUT2D eigenvalue weighted by molar-refractivity contribution is 5.58. The lowest BCUT2D eigenvalue weighted by molar-refractivity contribution is 0.440. The molecule has 0 amide bonds. The van der Waals surface area contributed by atoms with Crippen LogP contribution in [0.3, 0.4) is 0 Å². The zero-order chi connectivity index (χ0) is 11.1. The quantitative estimate of drug-likeness (QED) is 0.745. The van der Waals surface area contributed by atoms with Crippen molar-refractivity contribution in [2.45, 2.75) is 38.6 Å². The van der Waals surface area contributed by atoms with E-state index < -0.39 is 0 Å². The van der Waals surface area contributed by atoms with Gasteiger partial charge in [0.15, 0.2) is 0 Å². The first-order chi connectivity index (χ1) is 7.72. The van der Waals surface area contributed by atoms with Crippen molar-refractivity contribution in [1.29, 1.82) is 0 Å². The topological polar surface area (TPSA) is 38.0 Å². The molecule has 2 heteroatoms. The van der Waals surface area contributed by atoms with Crippen LogP contribution in [0.5, 0.6) is 0 Å². The van der Waals surface area contributed by atoms with Crippen LogP contribution in [0.15, 0.2) is 18.2 Å². The fraction of sp³-hybridized carbons (Fsp3) is 0.571. The van der Waals surface area contributed by atoms with Crippen molar-refractivity contribution in [3.63, 3.8) is 0 Å². The first kappa shape index (κ1) is 10.0. The van der Waals surface area contributed by atoms with E-state index in [9.17, 15) is 0 Å². The number of nitrogens with two attached hydrogens (primary N) is 1. The lowest BCUT2D eigenvalue weighted by atomic mass is 9.95. The molecule has 0 radical (unpaired) electrons. The number of aryl methyl sites for hydroxylation is 1. The van der Waals surface area contributed by atoms with E-state index in [-0.39, 0.29) is 0 Å². The van der Waals surface area contributed by atoms with Gasteiger partial charge in [-0.15, -0.1) is 0 Å². The summed E-state index contributed by atoms with van der Waals surface area (Å²) in [6, 6.07) is 7.02. The Kier molecular flexibility index (Phi) is 2.31. The minimum atomic E-state index is 0.695. The molecule has 86 valence electrons. The van der Waals surface area contributed by atoms with Gasteiger partial charge in [0.25, 0.3) is 0 Å². The van der Waals surface area contributed by atoms with Gasteiger partial charge in [0, 0.05) is 17.4 Å². The van der Waals surface area contributed by atoms with Crippen LogP contribution in [0.4, 0.5) is 11.4 Å². The van der Waals surface area contributed by atoms with E-state index in [1.807, 2.05) is 0 Å². The SMILES string of the molecule is Cc1ccc(NC2CC3CCC2C3)cc1N. The second-order valence-electron chi connectivity index (χ2n) is 5.50. The summed E-state index contributed by atoms with van der Waals surface area (Å²) >= 11 is 0. The number of anilines is 2. The highest BCUT2D eigenvalue weighted by atomic mass is 14.9. The third-order valence-corrected chi connectivity index (χ3v) is 4.37. The molecule has 0 heterocycles. The molecular formula is C14H20N2. The number of nitrogens with one attached hydrogen (secondary N) is 1. The molecule has 0 aliphatic heterocycles. The molecule has 1 aromatic rings. The van der Waals surface area contributed by atoms with Crippen molar-refractivity contribution in [3.05, 3.63) is 23.8 Å². The number of fused-ring (bicyclic) bond motifs is 2. The van der Waals surface area contributed by atoms with Crippen molar-refractivity contribution in [3.8, 4) is 0 Å². The van der Waals surface area contributed by atoms with E-state index >= 15 is 0 Å². The van der Waals surface area contributed by atoms with Crippen molar-refractivity contribution in [1.82, 2.24) is 0 Å². The number of hydrogen-bond acceptors (Lipinski definition) is 2. The second-order valence-corrected chi connectivity index (χ2v) is 5.50. The van der Waals surface area contributed by atoms with Crippen LogP contribution in [-0.2, 0) is 0 Å². The van der Waals surface area contributed by atoms with Crippen LogP contribution < -0.4 is 11.1 Å². The molecule has 2 saturated carbocycles. The van der Waals surface area contributed by atoms with E-state index in [0.29, 0.717) is 6.04 Å². The maximum absolute atomic E-state index is 5.93. The Morgan fingerprint density at radius 3 is 2.75 bits per heavy atom. The third-order valence-electron chi connectivity index (χ3n) is 4.37. The van der Waals surface area contributed by atoms with Gasteiger partial charge in [0.1, 0.15) is 0 Å². The third kappa shape index (κ3) is 1.66. The fourth-order valence-electron chi connectivity index (χ4n) is 3.37. The second kappa shape index (κ2) is 3.69. The predicted molar refractivity (Wildman–Crippen MR) is 68.5 cm³/mol. The zero-order valence-corrected chi connectivity index (χ0v) is 9.87. The Morgan fingerprint density at radius 2 is 2.12 bits per heavy atom. The maximum Gasteiger partial charge on any atom is 0.0364 e. The van der Waals surface area contributed by atoms with Crippen LogP contribution >= 0.6 is 0 Å². The summed E-state index contributed by atoms with van der Waals surface area (Å²) in [5, 5.41) is 3.66. The monoisotopic (exact) mass is 216 g/mol. The molecule has 3 unspecified atom stereocenters. The minimum Gasteiger partial charge on any atom is -0.398 e. The Morgan fingerprint density at radius 1 is 1.25 bits per heavy atom. The molecule has 2 nitrogen and oxygen atoms in total. The maximum atomic E-state index is 5.93. The Balaban J connectivity index is 1.72. The number of hydrogen-bond donors (Lipinski definition) is 2. The first-order valence-electron chi connectivity index (χ1n) is 6.35. The van der Waals surface area contributed by atoms with Gasteiger partial charge in [-0.3, -0.25) is 0 Å². The van der Waals surface area contributed by atoms with Gasteiger partial charge in [-0.2, -0.15) is 0 Å². The van der Waals surface area contributed by atoms with Gasteiger partial charge in [-0.1, -0.05) is 12.5 Å². The minimum absolute atomic E-state index is 0.695. The van der Waals surface area contributed by atoms with Crippen molar-refractivity contribution in [2.24, 2.45) is 11.8 Å². The zero-order valence-electron chi connectivity index (χ0n) is 9.87. The van der Waals surface area contributed by atoms with Crippen molar-refractivity contribution < 1.29 is 0 Å². The summed E-state index contributed by atoms with van der Waals surface area (Å²) in [6.07, 6.45) is 5.68. The van der Waals surface area contributed by atoms with Gasteiger partial charge >= 0.3 is 0 Å². The highest BCUT2D eigenvalue weighted by Crippen LogP contribution is 2.45. The molecule has 2 bridgehead atoms. The Hall–Kier alpha value is -1.18. The van der Waals surface area contributed by atoms with Gasteiger partial charge < -0.3 is 11.1 Å². The average Bonchev–Trinajstić information content (AvgIpc) is 2.85. The van der Waals surface area contributed by atoms with Gasteiger partial charge in [0.2, 0.25) is 0 Å². The molecule has 3 rings (SSSR count). The summed E-state index contributed by atoms with van der Waals surface area (Å²) in [7, 11) is 0. The fourth-order valence-corrected chi connectivity index (χ4v) is 3.37. The molecule has 1 aromatic carbocycles. The van der Waals surface area contributed by atoms with Crippen molar-refractivity contribution in [2.75, 3.05) is 11.1 Å². The Bertz CT molecular complexity index is 400. The van der Waals surface area contributed by atoms with Crippen LogP contribution in [0.1, 0.15) is 31.2 Å². The largest absolute Gasteiger partial charge is 0.398 e. The normalized spacial score (nSPS) is 31.9. The highest BCUT2D eigenvalue weighted by Gasteiger charge is 2.39. The smallest absolute Gasteiger partial charge is 0.0364 e. The van der Waals surface area contributed by atoms with Crippen LogP contribution in [-0.4, -0.2) is 6.04 Å². The molecular weight excluding hydrogens is 196 g/mol. The van der Waals surface area contributed by atoms with Crippen LogP contribution in [0, 0.1) is 18.8 Å². The van der Waals surface area contributed by atoms with E-state index in [2.05, 4.69) is 30.4 Å². The molecule has 16 heavy (non-hydrogen) atoms. The lowest BCUT2D eigenvalue weighted by Crippen LogP contribution is -2.25. The lowest BCUT2D eigenvalue weighted by Gasteiger charge is -2.24. The van der Waals surface area contributed by atoms with E-state index in [1.54, 1.807) is 0 Å². The standard InChI is InChI=1S/C14H20N2/c1-9-2-5-12(8-13(9)15)16-14-7-10-3-4-11(14)6-10/h2,5,8,10-11,14,16H,3-4,6-7,15H2,1H3. The van der Waals surface area contributed by atoms with Crippen molar-refractivity contribution >= 4 is 11.4 Å². The molecule has 0 aromatic heterocycles. The summed E-state index contributed by atoms with van der Waals surface area (Å²) in [5.41, 5.74) is 9.19. The summed E-state index contributed by atoms with van der Waals surface area (Å²) in [4.78, 5) is 0. The molecule has 0 saturated heterocycles. The molecule has 2 aliphatic carbocycles. The molecule has 0 spiro atoms.